The molecular formula is C23H22N2O5. The molecular weight excluding hydrogens is 384 g/mol. The first-order chi connectivity index (χ1) is 14.3. The van der Waals surface area contributed by atoms with Gasteiger partial charge < -0.3 is 4.74 Å². The van der Waals surface area contributed by atoms with Crippen molar-refractivity contribution >= 4 is 29.3 Å². The summed E-state index contributed by atoms with van der Waals surface area (Å²) in [6, 6.07) is 13.6. The number of nitrogens with zero attached hydrogens (tertiary/aromatic N) is 2. The van der Waals surface area contributed by atoms with Gasteiger partial charge in [0.05, 0.1) is 28.7 Å². The number of benzene rings is 2. The lowest BCUT2D eigenvalue weighted by Crippen LogP contribution is -2.24. The summed E-state index contributed by atoms with van der Waals surface area (Å²) in [6.07, 6.45) is 1.37. The average molecular weight is 406 g/mol. The number of para-hydroxylation sites is 1. The standard InChI is InChI=1S/C23H22N2O5/c1-14(2)16-9-11-18(12-10-16)24-15(3)21(23(27)30-4)19(22(24)26)13-17-7-5-6-8-20(17)25(28)29/h5-14H,1-4H3/b19-13-. The molecule has 3 rings (SSSR count). The fraction of sp³-hybridized carbons (Fsp3) is 0.217. The molecule has 154 valence electrons. The zero-order valence-electron chi connectivity index (χ0n) is 17.2. The molecule has 1 heterocycles. The number of carbonyl (C=O) groups is 2. The van der Waals surface area contributed by atoms with Gasteiger partial charge in [-0.15, -0.1) is 0 Å². The van der Waals surface area contributed by atoms with Gasteiger partial charge in [-0.2, -0.15) is 0 Å². The van der Waals surface area contributed by atoms with Crippen molar-refractivity contribution < 1.29 is 19.2 Å². The SMILES string of the molecule is COC(=O)C1=C(C)N(c2ccc(C(C)C)cc2)C(=O)/C1=C\c1ccccc1[N+](=O)[O-]. The minimum atomic E-state index is -0.674. The van der Waals surface area contributed by atoms with Gasteiger partial charge >= 0.3 is 5.97 Å². The highest BCUT2D eigenvalue weighted by atomic mass is 16.6. The smallest absolute Gasteiger partial charge is 0.340 e. The first-order valence-electron chi connectivity index (χ1n) is 9.45. The van der Waals surface area contributed by atoms with Crippen LogP contribution in [0.5, 0.6) is 0 Å². The van der Waals surface area contributed by atoms with E-state index in [9.17, 15) is 19.7 Å². The van der Waals surface area contributed by atoms with E-state index in [1.54, 1.807) is 19.1 Å². The van der Waals surface area contributed by atoms with Crippen molar-refractivity contribution in [2.45, 2.75) is 26.7 Å². The minimum Gasteiger partial charge on any atom is -0.465 e. The van der Waals surface area contributed by atoms with E-state index in [4.69, 9.17) is 4.74 Å². The lowest BCUT2D eigenvalue weighted by Gasteiger charge is -2.19. The maximum Gasteiger partial charge on any atom is 0.340 e. The van der Waals surface area contributed by atoms with Crippen molar-refractivity contribution in [1.29, 1.82) is 0 Å². The summed E-state index contributed by atoms with van der Waals surface area (Å²) >= 11 is 0. The second kappa shape index (κ2) is 8.32. The lowest BCUT2D eigenvalue weighted by molar-refractivity contribution is -0.385. The van der Waals surface area contributed by atoms with Gasteiger partial charge in [-0.1, -0.05) is 38.1 Å². The predicted octanol–water partition coefficient (Wildman–Crippen LogP) is 4.60. The number of ether oxygens (including phenoxy) is 1. The van der Waals surface area contributed by atoms with Crippen molar-refractivity contribution in [3.8, 4) is 0 Å². The van der Waals surface area contributed by atoms with Crippen LogP contribution in [0.3, 0.4) is 0 Å². The first-order valence-corrected chi connectivity index (χ1v) is 9.45. The topological polar surface area (TPSA) is 89.8 Å². The summed E-state index contributed by atoms with van der Waals surface area (Å²) in [4.78, 5) is 38.0. The number of nitro benzene ring substituents is 1. The Morgan fingerprint density at radius 1 is 1.13 bits per heavy atom. The van der Waals surface area contributed by atoms with Gasteiger partial charge in [-0.05, 0) is 42.7 Å². The third-order valence-electron chi connectivity index (χ3n) is 5.04. The van der Waals surface area contributed by atoms with E-state index in [-0.39, 0.29) is 22.4 Å². The van der Waals surface area contributed by atoms with Crippen LogP contribution in [0.2, 0.25) is 0 Å². The van der Waals surface area contributed by atoms with E-state index in [1.807, 2.05) is 24.3 Å². The van der Waals surface area contributed by atoms with Gasteiger partial charge in [0, 0.05) is 17.5 Å². The molecule has 0 atom stereocenters. The minimum absolute atomic E-state index is 0.0570. The Morgan fingerprint density at radius 2 is 1.77 bits per heavy atom. The summed E-state index contributed by atoms with van der Waals surface area (Å²) in [5.74, 6) is -0.778. The molecule has 7 heteroatoms. The number of esters is 1. The molecule has 0 unspecified atom stereocenters. The largest absolute Gasteiger partial charge is 0.465 e. The Hall–Kier alpha value is -3.74. The highest BCUT2D eigenvalue weighted by Gasteiger charge is 2.38. The molecule has 0 saturated heterocycles. The van der Waals surface area contributed by atoms with Crippen LogP contribution in [0, 0.1) is 10.1 Å². The molecule has 2 aromatic carbocycles. The molecule has 0 saturated carbocycles. The van der Waals surface area contributed by atoms with E-state index in [0.29, 0.717) is 17.3 Å². The number of hydrogen-bond acceptors (Lipinski definition) is 5. The van der Waals surface area contributed by atoms with Gasteiger partial charge in [-0.25, -0.2) is 4.79 Å². The number of anilines is 1. The van der Waals surface area contributed by atoms with Gasteiger partial charge in [0.25, 0.3) is 11.6 Å². The Labute approximate surface area is 174 Å². The maximum absolute atomic E-state index is 13.3. The van der Waals surface area contributed by atoms with Crippen LogP contribution in [0.4, 0.5) is 11.4 Å². The Bertz CT molecular complexity index is 1080. The Kier molecular flexibility index (Phi) is 5.82. The fourth-order valence-corrected chi connectivity index (χ4v) is 3.43. The molecule has 2 aromatic rings. The normalized spacial score (nSPS) is 15.3. The number of carbonyl (C=O) groups excluding carboxylic acids is 2. The molecule has 1 aliphatic rings. The number of hydrogen-bond donors (Lipinski definition) is 0. The van der Waals surface area contributed by atoms with Gasteiger partial charge in [0.1, 0.15) is 0 Å². The van der Waals surface area contributed by atoms with Crippen molar-refractivity contribution in [2.75, 3.05) is 12.0 Å². The summed E-state index contributed by atoms with van der Waals surface area (Å²) < 4.78 is 4.88. The molecule has 7 nitrogen and oxygen atoms in total. The highest BCUT2D eigenvalue weighted by molar-refractivity contribution is 6.24. The number of amides is 1. The van der Waals surface area contributed by atoms with Crippen LogP contribution in [0.1, 0.15) is 37.8 Å². The van der Waals surface area contributed by atoms with Crippen molar-refractivity contribution in [1.82, 2.24) is 0 Å². The third kappa shape index (κ3) is 3.74. The van der Waals surface area contributed by atoms with Crippen LogP contribution in [-0.4, -0.2) is 23.9 Å². The predicted molar refractivity (Wildman–Crippen MR) is 114 cm³/mol. The van der Waals surface area contributed by atoms with Crippen molar-refractivity contribution in [2.24, 2.45) is 0 Å². The Morgan fingerprint density at radius 3 is 2.33 bits per heavy atom. The summed E-state index contributed by atoms with van der Waals surface area (Å²) in [5.41, 5.74) is 2.37. The van der Waals surface area contributed by atoms with Gasteiger partial charge in [-0.3, -0.25) is 19.8 Å². The lowest BCUT2D eigenvalue weighted by atomic mass is 10.0. The number of nitro groups is 1. The van der Waals surface area contributed by atoms with Crippen LogP contribution in [0.15, 0.2) is 65.4 Å². The van der Waals surface area contributed by atoms with E-state index >= 15 is 0 Å². The summed E-state index contributed by atoms with van der Waals surface area (Å²) in [7, 11) is 1.23. The molecule has 0 spiro atoms. The van der Waals surface area contributed by atoms with Crippen molar-refractivity contribution in [3.05, 3.63) is 86.6 Å². The fourth-order valence-electron chi connectivity index (χ4n) is 3.43. The van der Waals surface area contributed by atoms with E-state index in [1.165, 1.54) is 30.2 Å². The quantitative estimate of drug-likeness (QED) is 0.313. The molecule has 30 heavy (non-hydrogen) atoms. The van der Waals surface area contributed by atoms with Crippen LogP contribution in [-0.2, 0) is 14.3 Å². The molecule has 0 fully saturated rings. The van der Waals surface area contributed by atoms with Crippen molar-refractivity contribution in [3.63, 3.8) is 0 Å². The molecule has 0 aromatic heterocycles. The molecule has 0 radical (unpaired) electrons. The van der Waals surface area contributed by atoms with Crippen LogP contribution < -0.4 is 4.90 Å². The Balaban J connectivity index is 2.14. The zero-order valence-corrected chi connectivity index (χ0v) is 17.2. The van der Waals surface area contributed by atoms with Crippen LogP contribution in [0.25, 0.3) is 6.08 Å². The zero-order chi connectivity index (χ0) is 22.0. The second-order valence-corrected chi connectivity index (χ2v) is 7.21. The number of allylic oxidation sites excluding steroid dienone is 1. The van der Waals surface area contributed by atoms with Crippen LogP contribution >= 0.6 is 0 Å². The molecule has 0 aliphatic carbocycles. The van der Waals surface area contributed by atoms with E-state index < -0.39 is 16.8 Å². The number of rotatable bonds is 5. The van der Waals surface area contributed by atoms with Gasteiger partial charge in [0.2, 0.25) is 0 Å². The molecule has 0 N–H and O–H groups in total. The third-order valence-corrected chi connectivity index (χ3v) is 5.04. The van der Waals surface area contributed by atoms with Gasteiger partial charge in [0.15, 0.2) is 0 Å². The van der Waals surface area contributed by atoms with E-state index in [2.05, 4.69) is 13.8 Å². The second-order valence-electron chi connectivity index (χ2n) is 7.21. The highest BCUT2D eigenvalue weighted by Crippen LogP contribution is 2.36. The molecule has 1 aliphatic heterocycles. The first kappa shape index (κ1) is 21.0. The monoisotopic (exact) mass is 406 g/mol. The molecule has 0 bridgehead atoms. The molecule has 1 amide bonds. The summed E-state index contributed by atoms with van der Waals surface area (Å²) in [6.45, 7) is 5.80. The maximum atomic E-state index is 13.3. The average Bonchev–Trinajstić information content (AvgIpc) is 2.97. The van der Waals surface area contributed by atoms with E-state index in [0.717, 1.165) is 5.56 Å². The number of methoxy groups -OCH3 is 1. The summed E-state index contributed by atoms with van der Waals surface area (Å²) in [5, 5.41) is 11.4.